The van der Waals surface area contributed by atoms with Crippen molar-refractivity contribution in [2.45, 2.75) is 26.3 Å². The van der Waals surface area contributed by atoms with Crippen LogP contribution in [0.15, 0.2) is 18.3 Å². The minimum absolute atomic E-state index is 0.191. The Labute approximate surface area is 126 Å². The van der Waals surface area contributed by atoms with Crippen LogP contribution in [0.3, 0.4) is 0 Å². The molecule has 5 nitrogen and oxygen atoms in total. The molecule has 1 rings (SSSR count). The van der Waals surface area contributed by atoms with Gasteiger partial charge in [-0.05, 0) is 46.0 Å². The molecule has 5 heteroatoms. The third-order valence-corrected chi connectivity index (χ3v) is 3.20. The van der Waals surface area contributed by atoms with Crippen LogP contribution in [-0.2, 0) is 0 Å². The van der Waals surface area contributed by atoms with Crippen molar-refractivity contribution in [3.05, 3.63) is 29.6 Å². The highest BCUT2D eigenvalue weighted by molar-refractivity contribution is 5.94. The molecule has 0 fully saturated rings. The first-order valence-corrected chi connectivity index (χ1v) is 7.18. The first kappa shape index (κ1) is 17.2. The third kappa shape index (κ3) is 5.94. The van der Waals surface area contributed by atoms with Crippen molar-refractivity contribution in [3.63, 3.8) is 0 Å². The van der Waals surface area contributed by atoms with E-state index in [1.165, 1.54) is 0 Å². The van der Waals surface area contributed by atoms with Gasteiger partial charge in [-0.3, -0.25) is 4.79 Å². The summed E-state index contributed by atoms with van der Waals surface area (Å²) < 4.78 is 0. The highest BCUT2D eigenvalue weighted by Gasteiger charge is 2.11. The van der Waals surface area contributed by atoms with Crippen molar-refractivity contribution in [2.24, 2.45) is 5.73 Å². The molecule has 114 valence electrons. The molecule has 3 N–H and O–H groups in total. The van der Waals surface area contributed by atoms with Crippen molar-refractivity contribution in [2.75, 3.05) is 26.7 Å². The fourth-order valence-electron chi connectivity index (χ4n) is 1.71. The van der Waals surface area contributed by atoms with Gasteiger partial charge in [-0.1, -0.05) is 11.8 Å². The van der Waals surface area contributed by atoms with Gasteiger partial charge in [0.2, 0.25) is 0 Å². The number of hydrogen-bond acceptors (Lipinski definition) is 4. The van der Waals surface area contributed by atoms with E-state index in [4.69, 9.17) is 5.73 Å². The fraction of sp³-hybridized carbons (Fsp3) is 0.500. The average molecular weight is 288 g/mol. The van der Waals surface area contributed by atoms with Crippen LogP contribution in [-0.4, -0.2) is 48.5 Å². The zero-order chi connectivity index (χ0) is 15.7. The fourth-order valence-corrected chi connectivity index (χ4v) is 1.71. The smallest absolute Gasteiger partial charge is 0.271 e. The Morgan fingerprint density at radius 2 is 2.29 bits per heavy atom. The zero-order valence-electron chi connectivity index (χ0n) is 13.0. The number of nitrogens with one attached hydrogen (secondary N) is 1. The Bertz CT molecular complexity index is 516. The molecule has 1 aromatic rings. The maximum absolute atomic E-state index is 12.1. The van der Waals surface area contributed by atoms with Gasteiger partial charge in [0.1, 0.15) is 5.69 Å². The van der Waals surface area contributed by atoms with Crippen LogP contribution in [0.1, 0.15) is 36.3 Å². The average Bonchev–Trinajstić information content (AvgIpc) is 2.49. The summed E-state index contributed by atoms with van der Waals surface area (Å²) in [5.74, 6) is 5.43. The molecule has 0 bridgehead atoms. The number of aromatic nitrogens is 1. The topological polar surface area (TPSA) is 71.2 Å². The lowest BCUT2D eigenvalue weighted by molar-refractivity contribution is 0.0946. The van der Waals surface area contributed by atoms with Crippen LogP contribution in [0.2, 0.25) is 0 Å². The molecular weight excluding hydrogens is 264 g/mol. The monoisotopic (exact) mass is 288 g/mol. The Morgan fingerprint density at radius 3 is 2.95 bits per heavy atom. The van der Waals surface area contributed by atoms with E-state index < -0.39 is 0 Å². The number of nitrogens with zero attached hydrogens (tertiary/aromatic N) is 2. The maximum Gasteiger partial charge on any atom is 0.271 e. The number of amides is 1. The van der Waals surface area contributed by atoms with Gasteiger partial charge in [0, 0.05) is 18.8 Å². The summed E-state index contributed by atoms with van der Waals surface area (Å²) in [7, 11) is 2.08. The Kier molecular flexibility index (Phi) is 7.44. The molecule has 0 spiro atoms. The molecule has 0 saturated carbocycles. The lowest BCUT2D eigenvalue weighted by Crippen LogP contribution is -2.31. The molecule has 21 heavy (non-hydrogen) atoms. The molecular formula is C16H24N4O. The summed E-state index contributed by atoms with van der Waals surface area (Å²) in [5, 5.41) is 2.88. The lowest BCUT2D eigenvalue weighted by Gasteiger charge is -2.20. The van der Waals surface area contributed by atoms with Crippen LogP contribution < -0.4 is 11.1 Å². The summed E-state index contributed by atoms with van der Waals surface area (Å²) in [6, 6.07) is 4.04. The minimum atomic E-state index is -0.191. The van der Waals surface area contributed by atoms with Gasteiger partial charge in [0.05, 0.1) is 12.1 Å². The lowest BCUT2D eigenvalue weighted by atomic mass is 10.2. The van der Waals surface area contributed by atoms with E-state index in [9.17, 15) is 4.79 Å². The van der Waals surface area contributed by atoms with Crippen LogP contribution in [0, 0.1) is 11.8 Å². The quantitative estimate of drug-likeness (QED) is 0.601. The largest absolute Gasteiger partial charge is 0.351 e. The highest BCUT2D eigenvalue weighted by atomic mass is 16.1. The van der Waals surface area contributed by atoms with Gasteiger partial charge >= 0.3 is 0 Å². The van der Waals surface area contributed by atoms with E-state index in [0.717, 1.165) is 13.0 Å². The predicted octanol–water partition coefficient (Wildman–Crippen LogP) is 0.852. The number of rotatable bonds is 6. The van der Waals surface area contributed by atoms with Crippen LogP contribution in [0.25, 0.3) is 0 Å². The van der Waals surface area contributed by atoms with Gasteiger partial charge in [0.25, 0.3) is 5.91 Å². The molecule has 0 aliphatic carbocycles. The van der Waals surface area contributed by atoms with Gasteiger partial charge < -0.3 is 16.0 Å². The van der Waals surface area contributed by atoms with Gasteiger partial charge in [-0.2, -0.15) is 0 Å². The predicted molar refractivity (Wildman–Crippen MR) is 84.9 cm³/mol. The summed E-state index contributed by atoms with van der Waals surface area (Å²) >= 11 is 0. The number of hydrogen-bond donors (Lipinski definition) is 2. The highest BCUT2D eigenvalue weighted by Crippen LogP contribution is 2.03. The molecule has 1 aromatic heterocycles. The third-order valence-electron chi connectivity index (χ3n) is 3.20. The molecule has 0 unspecified atom stereocenters. The molecule has 0 aliphatic heterocycles. The molecule has 1 amide bonds. The van der Waals surface area contributed by atoms with E-state index in [1.807, 2.05) is 0 Å². The van der Waals surface area contributed by atoms with Crippen LogP contribution >= 0.6 is 0 Å². The number of pyridine rings is 1. The van der Waals surface area contributed by atoms with Gasteiger partial charge in [0.15, 0.2) is 0 Å². The van der Waals surface area contributed by atoms with Crippen molar-refractivity contribution in [1.29, 1.82) is 0 Å². The second kappa shape index (κ2) is 9.11. The van der Waals surface area contributed by atoms with E-state index in [2.05, 4.69) is 47.9 Å². The van der Waals surface area contributed by atoms with Crippen molar-refractivity contribution >= 4 is 5.91 Å². The molecule has 0 aromatic carbocycles. The molecule has 0 saturated heterocycles. The summed E-state index contributed by atoms with van der Waals surface area (Å²) in [6.45, 7) is 6.12. The second-order valence-corrected chi connectivity index (χ2v) is 5.09. The van der Waals surface area contributed by atoms with E-state index in [1.54, 1.807) is 18.3 Å². The van der Waals surface area contributed by atoms with Crippen molar-refractivity contribution in [3.8, 4) is 11.8 Å². The minimum Gasteiger partial charge on any atom is -0.351 e. The number of nitrogens with two attached hydrogens (primary N) is 1. The molecule has 0 radical (unpaired) electrons. The van der Waals surface area contributed by atoms with E-state index in [-0.39, 0.29) is 12.5 Å². The van der Waals surface area contributed by atoms with Crippen molar-refractivity contribution < 1.29 is 4.79 Å². The molecule has 1 heterocycles. The molecule has 0 atom stereocenters. The van der Waals surface area contributed by atoms with Gasteiger partial charge in [-0.15, -0.1) is 0 Å². The Hall–Kier alpha value is -1.90. The normalized spacial score (nSPS) is 10.4. The maximum atomic E-state index is 12.1. The summed E-state index contributed by atoms with van der Waals surface area (Å²) in [5.41, 5.74) is 6.32. The molecule has 0 aliphatic rings. The standard InChI is InChI=1S/C16H24N4O/c1-13(2)20(3)12-6-11-19-16(21)15-14(7-4-9-17)8-5-10-18-15/h5,8,10,13H,6,9,11-12,17H2,1-3H3,(H,19,21). The number of carbonyl (C=O) groups excluding carboxylic acids is 1. The summed E-state index contributed by atoms with van der Waals surface area (Å²) in [6.07, 6.45) is 2.49. The van der Waals surface area contributed by atoms with Crippen molar-refractivity contribution in [1.82, 2.24) is 15.2 Å². The van der Waals surface area contributed by atoms with Crippen LogP contribution in [0.4, 0.5) is 0 Å². The first-order chi connectivity index (χ1) is 10.1. The zero-order valence-corrected chi connectivity index (χ0v) is 13.0. The Morgan fingerprint density at radius 1 is 1.52 bits per heavy atom. The second-order valence-electron chi connectivity index (χ2n) is 5.09. The van der Waals surface area contributed by atoms with Crippen LogP contribution in [0.5, 0.6) is 0 Å². The van der Waals surface area contributed by atoms with Gasteiger partial charge in [-0.25, -0.2) is 4.98 Å². The Balaban J connectivity index is 2.53. The van der Waals surface area contributed by atoms with E-state index >= 15 is 0 Å². The van der Waals surface area contributed by atoms with E-state index in [0.29, 0.717) is 23.8 Å². The first-order valence-electron chi connectivity index (χ1n) is 7.18. The summed E-state index contributed by atoms with van der Waals surface area (Å²) in [4.78, 5) is 18.5. The SMILES string of the molecule is CC(C)N(C)CCCNC(=O)c1ncccc1C#CCN. The number of carbonyl (C=O) groups is 1.